The first-order chi connectivity index (χ1) is 9.15. The molecule has 19 heavy (non-hydrogen) atoms. The van der Waals surface area contributed by atoms with E-state index in [2.05, 4.69) is 29.1 Å². The minimum absolute atomic E-state index is 0.335. The summed E-state index contributed by atoms with van der Waals surface area (Å²) in [4.78, 5) is 8.89. The summed E-state index contributed by atoms with van der Waals surface area (Å²) in [5, 5.41) is 3.53. The number of nitrogens with one attached hydrogen (secondary N) is 1. The summed E-state index contributed by atoms with van der Waals surface area (Å²) in [5.74, 6) is 1.92. The van der Waals surface area contributed by atoms with Crippen molar-refractivity contribution in [2.75, 3.05) is 13.2 Å². The number of hydrogen-bond donors (Lipinski definition) is 1. The van der Waals surface area contributed by atoms with E-state index < -0.39 is 0 Å². The number of aromatic nitrogens is 2. The minimum atomic E-state index is 0.335. The van der Waals surface area contributed by atoms with Crippen molar-refractivity contribution in [3.8, 4) is 5.88 Å². The predicted molar refractivity (Wildman–Crippen MR) is 76.6 cm³/mol. The van der Waals surface area contributed by atoms with Gasteiger partial charge in [-0.25, -0.2) is 4.98 Å². The maximum absolute atomic E-state index is 5.79. The number of hydrogen-bond acceptors (Lipinski definition) is 4. The van der Waals surface area contributed by atoms with Crippen LogP contribution >= 0.6 is 0 Å². The van der Waals surface area contributed by atoms with E-state index in [1.165, 1.54) is 19.3 Å². The summed E-state index contributed by atoms with van der Waals surface area (Å²) in [5.41, 5.74) is 0.976. The van der Waals surface area contributed by atoms with Crippen LogP contribution in [0.5, 0.6) is 5.88 Å². The van der Waals surface area contributed by atoms with E-state index in [-0.39, 0.29) is 0 Å². The number of ether oxygens (including phenoxy) is 1. The Bertz CT molecular complexity index is 400. The molecule has 2 rings (SSSR count). The highest BCUT2D eigenvalue weighted by Crippen LogP contribution is 2.16. The first-order valence-electron chi connectivity index (χ1n) is 7.37. The second kappa shape index (κ2) is 6.85. The fourth-order valence-corrected chi connectivity index (χ4v) is 2.37. The van der Waals surface area contributed by atoms with Crippen molar-refractivity contribution in [2.24, 2.45) is 0 Å². The molecule has 1 unspecified atom stereocenters. The molecule has 1 N–H and O–H groups in total. The van der Waals surface area contributed by atoms with Crippen LogP contribution in [-0.2, 0) is 0 Å². The van der Waals surface area contributed by atoms with E-state index in [1.807, 2.05) is 13.0 Å². The van der Waals surface area contributed by atoms with Gasteiger partial charge >= 0.3 is 0 Å². The Labute approximate surface area is 116 Å². The van der Waals surface area contributed by atoms with Gasteiger partial charge in [0.15, 0.2) is 0 Å². The summed E-state index contributed by atoms with van der Waals surface area (Å²) in [6, 6.07) is 2.53. The van der Waals surface area contributed by atoms with Crippen LogP contribution in [0.3, 0.4) is 0 Å². The topological polar surface area (TPSA) is 47.0 Å². The quantitative estimate of drug-likeness (QED) is 0.887. The monoisotopic (exact) mass is 263 g/mol. The van der Waals surface area contributed by atoms with Gasteiger partial charge in [-0.15, -0.1) is 0 Å². The third kappa shape index (κ3) is 4.46. The van der Waals surface area contributed by atoms with Gasteiger partial charge in [0.25, 0.3) is 0 Å². The highest BCUT2D eigenvalue weighted by Gasteiger charge is 2.13. The maximum atomic E-state index is 5.79. The molecule has 1 atom stereocenters. The van der Waals surface area contributed by atoms with Gasteiger partial charge in [-0.3, -0.25) is 0 Å². The fourth-order valence-electron chi connectivity index (χ4n) is 2.37. The Morgan fingerprint density at radius 2 is 2.21 bits per heavy atom. The summed E-state index contributed by atoms with van der Waals surface area (Å²) < 4.78 is 5.79. The summed E-state index contributed by atoms with van der Waals surface area (Å²) >= 11 is 0. The molecule has 1 fully saturated rings. The van der Waals surface area contributed by atoms with Crippen LogP contribution in [0, 0.1) is 6.92 Å². The third-order valence-corrected chi connectivity index (χ3v) is 3.49. The van der Waals surface area contributed by atoms with Gasteiger partial charge in [-0.1, -0.05) is 20.3 Å². The smallest absolute Gasteiger partial charge is 0.216 e. The van der Waals surface area contributed by atoms with Crippen molar-refractivity contribution in [1.82, 2.24) is 15.3 Å². The molecule has 1 saturated heterocycles. The minimum Gasteiger partial charge on any atom is -0.478 e. The van der Waals surface area contributed by atoms with Gasteiger partial charge in [0, 0.05) is 23.7 Å². The number of nitrogens with zero attached hydrogens (tertiary/aromatic N) is 2. The lowest BCUT2D eigenvalue weighted by Crippen LogP contribution is -2.35. The summed E-state index contributed by atoms with van der Waals surface area (Å²) in [6.07, 6.45) is 4.96. The van der Waals surface area contributed by atoms with Crippen LogP contribution in [0.2, 0.25) is 0 Å². The van der Waals surface area contributed by atoms with Crippen LogP contribution in [0.25, 0.3) is 0 Å². The SMILES string of the molecule is Cc1cc(OCCC2CCCCN2)nc(C(C)C)n1. The highest BCUT2D eigenvalue weighted by molar-refractivity contribution is 5.16. The second-order valence-corrected chi connectivity index (χ2v) is 5.64. The van der Waals surface area contributed by atoms with Gasteiger partial charge in [0.2, 0.25) is 5.88 Å². The molecule has 1 aromatic rings. The Balaban J connectivity index is 1.84. The Morgan fingerprint density at radius 3 is 2.89 bits per heavy atom. The molecule has 0 amide bonds. The number of rotatable bonds is 5. The number of aryl methyl sites for hydroxylation is 1. The second-order valence-electron chi connectivity index (χ2n) is 5.64. The fraction of sp³-hybridized carbons (Fsp3) is 0.733. The van der Waals surface area contributed by atoms with Crippen LogP contribution in [-0.4, -0.2) is 29.2 Å². The van der Waals surface area contributed by atoms with Gasteiger partial charge in [-0.2, -0.15) is 4.98 Å². The molecule has 0 radical (unpaired) electrons. The Hall–Kier alpha value is -1.16. The summed E-state index contributed by atoms with van der Waals surface area (Å²) in [6.45, 7) is 8.07. The van der Waals surface area contributed by atoms with Crippen molar-refractivity contribution >= 4 is 0 Å². The Morgan fingerprint density at radius 1 is 1.37 bits per heavy atom. The van der Waals surface area contributed by atoms with Crippen molar-refractivity contribution in [3.63, 3.8) is 0 Å². The molecule has 0 aromatic carbocycles. The predicted octanol–water partition coefficient (Wildman–Crippen LogP) is 2.82. The van der Waals surface area contributed by atoms with Crippen molar-refractivity contribution < 1.29 is 4.74 Å². The molecule has 0 bridgehead atoms. The first-order valence-corrected chi connectivity index (χ1v) is 7.37. The number of piperidine rings is 1. The zero-order valence-corrected chi connectivity index (χ0v) is 12.3. The molecule has 1 aliphatic heterocycles. The van der Waals surface area contributed by atoms with E-state index in [1.54, 1.807) is 0 Å². The van der Waals surface area contributed by atoms with Gasteiger partial charge in [0.05, 0.1) is 6.61 Å². The molecule has 4 heteroatoms. The maximum Gasteiger partial charge on any atom is 0.216 e. The van der Waals surface area contributed by atoms with Gasteiger partial charge < -0.3 is 10.1 Å². The Kier molecular flexibility index (Phi) is 5.14. The van der Waals surface area contributed by atoms with E-state index in [0.29, 0.717) is 17.8 Å². The lowest BCUT2D eigenvalue weighted by atomic mass is 10.0. The molecule has 1 aliphatic rings. The zero-order valence-electron chi connectivity index (χ0n) is 12.3. The molecule has 0 spiro atoms. The van der Waals surface area contributed by atoms with Crippen molar-refractivity contribution in [1.29, 1.82) is 0 Å². The molecule has 4 nitrogen and oxygen atoms in total. The van der Waals surface area contributed by atoms with E-state index >= 15 is 0 Å². The molecule has 0 aliphatic carbocycles. The van der Waals surface area contributed by atoms with Crippen LogP contribution < -0.4 is 10.1 Å². The lowest BCUT2D eigenvalue weighted by molar-refractivity contribution is 0.259. The van der Waals surface area contributed by atoms with Crippen LogP contribution in [0.4, 0.5) is 0 Å². The molecule has 1 aromatic heterocycles. The highest BCUT2D eigenvalue weighted by atomic mass is 16.5. The summed E-state index contributed by atoms with van der Waals surface area (Å²) in [7, 11) is 0. The van der Waals surface area contributed by atoms with E-state index in [0.717, 1.165) is 31.1 Å². The molecular formula is C15H25N3O. The van der Waals surface area contributed by atoms with E-state index in [9.17, 15) is 0 Å². The zero-order chi connectivity index (χ0) is 13.7. The first kappa shape index (κ1) is 14.3. The normalized spacial score (nSPS) is 19.7. The van der Waals surface area contributed by atoms with Crippen molar-refractivity contribution in [2.45, 2.75) is 58.4 Å². The van der Waals surface area contributed by atoms with Crippen molar-refractivity contribution in [3.05, 3.63) is 17.6 Å². The van der Waals surface area contributed by atoms with Gasteiger partial charge in [0.1, 0.15) is 5.82 Å². The van der Waals surface area contributed by atoms with E-state index in [4.69, 9.17) is 4.74 Å². The molecule has 0 saturated carbocycles. The average molecular weight is 263 g/mol. The van der Waals surface area contributed by atoms with Crippen LogP contribution in [0.1, 0.15) is 57.0 Å². The van der Waals surface area contributed by atoms with Crippen LogP contribution in [0.15, 0.2) is 6.07 Å². The third-order valence-electron chi connectivity index (χ3n) is 3.49. The molecule has 106 valence electrons. The lowest BCUT2D eigenvalue weighted by Gasteiger charge is -2.23. The molecular weight excluding hydrogens is 238 g/mol. The molecule has 2 heterocycles. The largest absolute Gasteiger partial charge is 0.478 e. The van der Waals surface area contributed by atoms with Gasteiger partial charge in [-0.05, 0) is 32.7 Å². The average Bonchev–Trinajstić information content (AvgIpc) is 2.39. The standard InChI is InChI=1S/C15H25N3O/c1-11(2)15-17-12(3)10-14(18-15)19-9-7-13-6-4-5-8-16-13/h10-11,13,16H,4-9H2,1-3H3.